The van der Waals surface area contributed by atoms with E-state index in [2.05, 4.69) is 21.9 Å². The first-order valence-electron chi connectivity index (χ1n) is 19.0. The third kappa shape index (κ3) is 42.1. The molecule has 0 saturated carbocycles. The number of nitrogens with two attached hydrogens (primary N) is 2. The zero-order chi connectivity index (χ0) is 42.0. The fraction of sp³-hybridized carbons (Fsp3) is 0.816. The van der Waals surface area contributed by atoms with Crippen LogP contribution in [0.15, 0.2) is 12.3 Å². The van der Waals surface area contributed by atoms with Gasteiger partial charge >= 0.3 is 5.97 Å². The van der Waals surface area contributed by atoms with Crippen molar-refractivity contribution in [1.29, 1.82) is 0 Å². The summed E-state index contributed by atoms with van der Waals surface area (Å²) in [5, 5.41) is 5.37. The molecule has 6 N–H and O–H groups in total. The zero-order valence-corrected chi connectivity index (χ0v) is 34.7. The minimum Gasteiger partial charge on any atom is -0.431 e. The molecule has 2 rings (SSSR count). The highest BCUT2D eigenvalue weighted by Crippen LogP contribution is 2.13. The van der Waals surface area contributed by atoms with Gasteiger partial charge in [0, 0.05) is 37.4 Å². The summed E-state index contributed by atoms with van der Waals surface area (Å²) in [6.45, 7) is 24.0. The molecule has 0 aliphatic carbocycles. The van der Waals surface area contributed by atoms with Crippen LogP contribution in [0.5, 0.6) is 0 Å². The number of carbonyl (C=O) groups excluding carboxylic acids is 5. The highest BCUT2D eigenvalue weighted by Gasteiger charge is 2.18. The van der Waals surface area contributed by atoms with Crippen LogP contribution >= 0.6 is 0 Å². The largest absolute Gasteiger partial charge is 0.431 e. The lowest BCUT2D eigenvalue weighted by Crippen LogP contribution is -2.38. The maximum absolute atomic E-state index is 11.5. The van der Waals surface area contributed by atoms with E-state index in [0.717, 1.165) is 13.2 Å². The van der Waals surface area contributed by atoms with E-state index in [1.807, 2.05) is 27.7 Å². The Kier molecular flexibility index (Phi) is 35.0. The van der Waals surface area contributed by atoms with E-state index in [0.29, 0.717) is 78.2 Å². The molecule has 2 fully saturated rings. The molecule has 17 nitrogen and oxygen atoms in total. The van der Waals surface area contributed by atoms with Crippen molar-refractivity contribution in [1.82, 2.24) is 10.6 Å². The second-order valence-corrected chi connectivity index (χ2v) is 13.7. The molecule has 2 amide bonds. The van der Waals surface area contributed by atoms with Gasteiger partial charge in [-0.1, -0.05) is 6.58 Å². The maximum atomic E-state index is 11.5. The standard InChI is InChI=1S/C19H34N2O7.C11H26N2O3.C4H4O2.C4H8O/c1-13(20-18(24)8-15(3)22)10-26-6-7-27-12-17(5)28-11-14(2)21-19(25)9-16(4)23;1-9(12)6-14-4-5-15-8-11(3)16-7-10(2)13;1-3-2-4(5)6-3;1-2-4-5-3-1/h13-14,17H,6-12H2,1-5H3,(H,20,24)(H,21,25);9-11H,4-8,12-13H2,1-3H3;1-2H2;1-4H2. The quantitative estimate of drug-likeness (QED) is 0.0555. The third-order valence-electron chi connectivity index (χ3n) is 6.53. The van der Waals surface area contributed by atoms with Gasteiger partial charge in [-0.3, -0.25) is 24.0 Å². The maximum Gasteiger partial charge on any atom is 0.318 e. The number of hydrogen-bond donors (Lipinski definition) is 4. The van der Waals surface area contributed by atoms with Crippen LogP contribution in [-0.2, 0) is 61.9 Å². The fourth-order valence-corrected chi connectivity index (χ4v) is 4.00. The smallest absolute Gasteiger partial charge is 0.318 e. The molecule has 2 aliphatic heterocycles. The van der Waals surface area contributed by atoms with Crippen molar-refractivity contribution in [3.05, 3.63) is 12.3 Å². The molecule has 0 bridgehead atoms. The molecule has 322 valence electrons. The number of rotatable bonds is 26. The predicted molar refractivity (Wildman–Crippen MR) is 207 cm³/mol. The van der Waals surface area contributed by atoms with E-state index >= 15 is 0 Å². The average Bonchev–Trinajstić information content (AvgIpc) is 3.66. The van der Waals surface area contributed by atoms with Crippen molar-refractivity contribution >= 4 is 29.4 Å². The molecule has 2 saturated heterocycles. The molecule has 0 spiro atoms. The lowest BCUT2D eigenvalue weighted by molar-refractivity contribution is -0.148. The molecular formula is C38H72N4O13. The summed E-state index contributed by atoms with van der Waals surface area (Å²) in [7, 11) is 0. The Bertz CT molecular complexity index is 1030. The molecule has 6 atom stereocenters. The molecular weight excluding hydrogens is 720 g/mol. The topological polar surface area (TPSA) is 235 Å². The number of hydrogen-bond acceptors (Lipinski definition) is 15. The lowest BCUT2D eigenvalue weighted by Gasteiger charge is -2.18. The third-order valence-corrected chi connectivity index (χ3v) is 6.53. The van der Waals surface area contributed by atoms with Crippen LogP contribution in [0.3, 0.4) is 0 Å². The van der Waals surface area contributed by atoms with E-state index in [1.165, 1.54) is 26.7 Å². The van der Waals surface area contributed by atoms with E-state index < -0.39 is 0 Å². The monoisotopic (exact) mass is 793 g/mol. The van der Waals surface area contributed by atoms with E-state index in [1.54, 1.807) is 13.8 Å². The molecule has 6 unspecified atom stereocenters. The number of ether oxygens (including phenoxy) is 8. The Morgan fingerprint density at radius 2 is 1.04 bits per heavy atom. The second-order valence-electron chi connectivity index (χ2n) is 13.7. The number of nitrogens with one attached hydrogen (secondary N) is 2. The fourth-order valence-electron chi connectivity index (χ4n) is 4.00. The first kappa shape index (κ1) is 54.2. The van der Waals surface area contributed by atoms with Gasteiger partial charge in [0.2, 0.25) is 11.8 Å². The van der Waals surface area contributed by atoms with Gasteiger partial charge in [-0.2, -0.15) is 0 Å². The normalized spacial score (nSPS) is 16.4. The minimum atomic E-state index is -0.309. The Hall–Kier alpha value is -2.87. The molecule has 0 aromatic carbocycles. The number of amides is 2. The zero-order valence-electron chi connectivity index (χ0n) is 34.7. The number of Topliss-reactive ketones (excluding diaryl/α,β-unsaturated/α-hetero) is 2. The van der Waals surface area contributed by atoms with Crippen LogP contribution in [-0.4, -0.2) is 145 Å². The molecule has 55 heavy (non-hydrogen) atoms. The highest BCUT2D eigenvalue weighted by atomic mass is 16.6. The van der Waals surface area contributed by atoms with Crippen LogP contribution in [0.4, 0.5) is 0 Å². The second kappa shape index (κ2) is 35.5. The average molecular weight is 793 g/mol. The van der Waals surface area contributed by atoms with Crippen molar-refractivity contribution in [2.24, 2.45) is 11.5 Å². The van der Waals surface area contributed by atoms with Crippen LogP contribution < -0.4 is 22.1 Å². The van der Waals surface area contributed by atoms with Gasteiger partial charge in [-0.15, -0.1) is 0 Å². The van der Waals surface area contributed by atoms with E-state index in [9.17, 15) is 24.0 Å². The van der Waals surface area contributed by atoms with Gasteiger partial charge in [0.25, 0.3) is 0 Å². The summed E-state index contributed by atoms with van der Waals surface area (Å²) < 4.78 is 41.8. The first-order chi connectivity index (χ1) is 25.9. The summed E-state index contributed by atoms with van der Waals surface area (Å²) >= 11 is 0. The Balaban J connectivity index is 0. The summed E-state index contributed by atoms with van der Waals surface area (Å²) in [5.74, 6) is -0.556. The van der Waals surface area contributed by atoms with Gasteiger partial charge in [0.15, 0.2) is 0 Å². The van der Waals surface area contributed by atoms with E-state index in [-0.39, 0.29) is 78.6 Å². The molecule has 17 heteroatoms. The van der Waals surface area contributed by atoms with Gasteiger partial charge < -0.3 is 60.0 Å². The van der Waals surface area contributed by atoms with Gasteiger partial charge in [0.05, 0.1) is 91.1 Å². The minimum absolute atomic E-state index is 0.0665. The number of esters is 1. The van der Waals surface area contributed by atoms with Gasteiger partial charge in [-0.05, 0) is 68.2 Å². The predicted octanol–water partition coefficient (Wildman–Crippen LogP) is 1.76. The molecule has 0 radical (unpaired) electrons. The number of ketones is 2. The first-order valence-corrected chi connectivity index (χ1v) is 19.0. The molecule has 0 aromatic heterocycles. The summed E-state index contributed by atoms with van der Waals surface area (Å²) in [4.78, 5) is 54.4. The van der Waals surface area contributed by atoms with Crippen molar-refractivity contribution < 1.29 is 61.9 Å². The van der Waals surface area contributed by atoms with Crippen LogP contribution in [0.25, 0.3) is 0 Å². The Labute approximate surface area is 328 Å². The molecule has 0 aromatic rings. The van der Waals surface area contributed by atoms with Crippen molar-refractivity contribution in [2.45, 2.75) is 124 Å². The number of cyclic esters (lactones) is 1. The van der Waals surface area contributed by atoms with Gasteiger partial charge in [0.1, 0.15) is 23.7 Å². The molecule has 2 heterocycles. The van der Waals surface area contributed by atoms with Crippen LogP contribution in [0.2, 0.25) is 0 Å². The summed E-state index contributed by atoms with van der Waals surface area (Å²) in [6, 6.07) is -0.240. The summed E-state index contributed by atoms with van der Waals surface area (Å²) in [5.41, 5.74) is 11.1. The lowest BCUT2D eigenvalue weighted by atomic mass is 10.2. The van der Waals surface area contributed by atoms with Crippen LogP contribution in [0.1, 0.15) is 87.5 Å². The van der Waals surface area contributed by atoms with Crippen LogP contribution in [0, 0.1) is 0 Å². The highest BCUT2D eigenvalue weighted by molar-refractivity contribution is 5.97. The van der Waals surface area contributed by atoms with Crippen molar-refractivity contribution in [3.8, 4) is 0 Å². The number of carbonyl (C=O) groups is 5. The van der Waals surface area contributed by atoms with Crippen molar-refractivity contribution in [3.63, 3.8) is 0 Å². The van der Waals surface area contributed by atoms with Crippen molar-refractivity contribution in [2.75, 3.05) is 79.3 Å². The Morgan fingerprint density at radius 1 is 0.655 bits per heavy atom. The van der Waals surface area contributed by atoms with E-state index in [4.69, 9.17) is 44.6 Å². The SMILES string of the molecule is C1CCOC1.C=C1CC(=O)O1.CC(=O)CC(=O)NC(C)COCCOCC(C)OCC(C)NC(=O)CC(C)=O.CC(N)COCCOCC(C)OCC(C)N. The molecule has 2 aliphatic rings. The van der Waals surface area contributed by atoms with Gasteiger partial charge in [-0.25, -0.2) is 0 Å². The Morgan fingerprint density at radius 3 is 1.36 bits per heavy atom. The summed E-state index contributed by atoms with van der Waals surface area (Å²) in [6.07, 6.45) is 2.64.